The fourth-order valence-electron chi connectivity index (χ4n) is 6.85. The predicted molar refractivity (Wildman–Crippen MR) is 259 cm³/mol. The average molecular weight is 834 g/mol. The zero-order chi connectivity index (χ0) is 43.8. The molecule has 0 bridgehead atoms. The number of hydrogen-bond donors (Lipinski definition) is 3. The van der Waals surface area contributed by atoms with Gasteiger partial charge in [-0.3, -0.25) is 9.59 Å². The van der Waals surface area contributed by atoms with Crippen LogP contribution in [0, 0.1) is 0 Å². The minimum absolute atomic E-state index is 0.0178. The summed E-state index contributed by atoms with van der Waals surface area (Å²) in [5, 5.41) is 23.6. The van der Waals surface area contributed by atoms with E-state index >= 15 is 0 Å². The molecule has 0 aromatic rings. The van der Waals surface area contributed by atoms with Gasteiger partial charge in [-0.2, -0.15) is 0 Å². The maximum absolute atomic E-state index is 13.1. The Bertz CT molecular complexity index is 1210. The van der Waals surface area contributed by atoms with Crippen LogP contribution in [0.15, 0.2) is 97.2 Å². The van der Waals surface area contributed by atoms with Crippen LogP contribution < -0.4 is 5.32 Å². The van der Waals surface area contributed by atoms with Gasteiger partial charge in [0.1, 0.15) is 6.10 Å². The Labute approximate surface area is 369 Å². The van der Waals surface area contributed by atoms with Gasteiger partial charge < -0.3 is 20.3 Å². The minimum atomic E-state index is -0.812. The molecule has 342 valence electrons. The zero-order valence-corrected chi connectivity index (χ0v) is 38.8. The van der Waals surface area contributed by atoms with Gasteiger partial charge in [-0.1, -0.05) is 221 Å². The quantitative estimate of drug-likeness (QED) is 0.0246. The van der Waals surface area contributed by atoms with Crippen molar-refractivity contribution < 1.29 is 24.5 Å². The largest absolute Gasteiger partial charge is 0.462 e. The maximum Gasteiger partial charge on any atom is 0.306 e. The van der Waals surface area contributed by atoms with Crippen LogP contribution >= 0.6 is 0 Å². The van der Waals surface area contributed by atoms with E-state index in [0.29, 0.717) is 19.3 Å². The second-order valence-electron chi connectivity index (χ2n) is 16.3. The molecular weight excluding hydrogens is 743 g/mol. The molecule has 0 aliphatic heterocycles. The molecular formula is C54H91NO5. The third-order valence-electron chi connectivity index (χ3n) is 10.6. The van der Waals surface area contributed by atoms with E-state index in [1.165, 1.54) is 89.9 Å². The fourth-order valence-corrected chi connectivity index (χ4v) is 6.85. The molecule has 0 rings (SSSR count). The Morgan fingerprint density at radius 1 is 0.517 bits per heavy atom. The Morgan fingerprint density at radius 3 is 1.55 bits per heavy atom. The summed E-state index contributed by atoms with van der Waals surface area (Å²) in [7, 11) is 0. The molecule has 0 saturated carbocycles. The van der Waals surface area contributed by atoms with Crippen LogP contribution in [0.5, 0.6) is 0 Å². The minimum Gasteiger partial charge on any atom is -0.462 e. The third kappa shape index (κ3) is 41.5. The predicted octanol–water partition coefficient (Wildman–Crippen LogP) is 14.6. The number of ether oxygens (including phenoxy) is 1. The number of aliphatic hydroxyl groups excluding tert-OH is 2. The van der Waals surface area contributed by atoms with E-state index in [4.69, 9.17) is 4.74 Å². The van der Waals surface area contributed by atoms with Gasteiger partial charge in [0.2, 0.25) is 5.91 Å². The lowest BCUT2D eigenvalue weighted by molar-refractivity contribution is -0.151. The number of amides is 1. The summed E-state index contributed by atoms with van der Waals surface area (Å²) in [5.74, 6) is -0.568. The van der Waals surface area contributed by atoms with E-state index in [0.717, 1.165) is 70.6 Å². The summed E-state index contributed by atoms with van der Waals surface area (Å²) in [4.78, 5) is 26.1. The SMILES string of the molecule is CC\C=C/C=C/C=C/C=C\C=C\C=C\CCCC(CC(=O)NC(CO)C(O)CCCCCCCCCCC)OC(=O)CCCCCCCCC/C=C\C/C=C\CCCCC. The number of esters is 1. The van der Waals surface area contributed by atoms with Gasteiger partial charge in [0, 0.05) is 6.42 Å². The van der Waals surface area contributed by atoms with E-state index < -0.39 is 18.2 Å². The van der Waals surface area contributed by atoms with E-state index in [1.54, 1.807) is 0 Å². The van der Waals surface area contributed by atoms with E-state index in [-0.39, 0.29) is 24.9 Å². The van der Waals surface area contributed by atoms with Crippen molar-refractivity contribution >= 4 is 11.9 Å². The second kappa shape index (κ2) is 46.8. The molecule has 0 aliphatic carbocycles. The molecule has 60 heavy (non-hydrogen) atoms. The maximum atomic E-state index is 13.1. The van der Waals surface area contributed by atoms with Crippen molar-refractivity contribution in [1.82, 2.24) is 5.32 Å². The van der Waals surface area contributed by atoms with E-state index in [1.807, 2.05) is 60.8 Å². The van der Waals surface area contributed by atoms with Crippen LogP contribution in [0.2, 0.25) is 0 Å². The normalized spacial score (nSPS) is 14.2. The number of nitrogens with one attached hydrogen (secondary N) is 1. The van der Waals surface area contributed by atoms with Crippen LogP contribution in [0.4, 0.5) is 0 Å². The lowest BCUT2D eigenvalue weighted by atomic mass is 10.0. The average Bonchev–Trinajstić information content (AvgIpc) is 3.24. The van der Waals surface area contributed by atoms with Gasteiger partial charge in [0.25, 0.3) is 0 Å². The highest BCUT2D eigenvalue weighted by Crippen LogP contribution is 2.16. The topological polar surface area (TPSA) is 95.9 Å². The van der Waals surface area contributed by atoms with E-state index in [9.17, 15) is 19.8 Å². The highest BCUT2D eigenvalue weighted by molar-refractivity contribution is 5.77. The molecule has 1 amide bonds. The van der Waals surface area contributed by atoms with Crippen molar-refractivity contribution in [2.24, 2.45) is 0 Å². The summed E-state index contributed by atoms with van der Waals surface area (Å²) in [5.41, 5.74) is 0. The third-order valence-corrected chi connectivity index (χ3v) is 10.6. The molecule has 0 heterocycles. The lowest BCUT2D eigenvalue weighted by Crippen LogP contribution is -2.46. The van der Waals surface area contributed by atoms with Crippen LogP contribution in [0.3, 0.4) is 0 Å². The number of carbonyl (C=O) groups is 2. The Morgan fingerprint density at radius 2 is 0.983 bits per heavy atom. The number of aliphatic hydroxyl groups is 2. The highest BCUT2D eigenvalue weighted by atomic mass is 16.5. The van der Waals surface area contributed by atoms with Crippen LogP contribution in [0.25, 0.3) is 0 Å². The summed E-state index contributed by atoms with van der Waals surface area (Å²) in [6.45, 7) is 6.25. The number of allylic oxidation sites excluding steroid dienone is 16. The first-order valence-corrected chi connectivity index (χ1v) is 24.5. The molecule has 3 unspecified atom stereocenters. The number of hydrogen-bond acceptors (Lipinski definition) is 5. The Kier molecular flexibility index (Phi) is 44.3. The number of rotatable bonds is 42. The van der Waals surface area contributed by atoms with Crippen LogP contribution in [-0.2, 0) is 14.3 Å². The number of carbonyl (C=O) groups excluding carboxylic acids is 2. The monoisotopic (exact) mass is 834 g/mol. The standard InChI is InChI=1S/C54H91NO5/c1-4-7-10-13-16-19-21-23-25-26-28-30-32-35-38-41-44-47-54(59)60-50(45-42-39-36-34-31-29-27-24-22-20-17-14-11-8-5-2)48-53(58)55-51(49-56)52(57)46-43-40-37-33-18-15-12-9-6-3/h8,11,14,16-17,19-20,22-25,27,29,31,34,36,50-52,56-57H,4-7,9-10,12-13,15,18,21,26,28,30,32-33,35,37-49H2,1-3H3,(H,55,58)/b11-8-,17-14+,19-16-,22-20+,25-23-,27-24-,31-29+,36-34+. The molecule has 3 N–H and O–H groups in total. The highest BCUT2D eigenvalue weighted by Gasteiger charge is 2.24. The molecule has 0 fully saturated rings. The van der Waals surface area contributed by atoms with Crippen molar-refractivity contribution in [3.8, 4) is 0 Å². The summed E-state index contributed by atoms with van der Waals surface area (Å²) in [6.07, 6.45) is 61.8. The van der Waals surface area contributed by atoms with Gasteiger partial charge in [-0.15, -0.1) is 0 Å². The first-order chi connectivity index (χ1) is 29.5. The van der Waals surface area contributed by atoms with Crippen LogP contribution in [0.1, 0.15) is 207 Å². The molecule has 0 aliphatic rings. The van der Waals surface area contributed by atoms with Gasteiger partial charge in [-0.05, 0) is 70.6 Å². The number of unbranched alkanes of at least 4 members (excludes halogenated alkanes) is 19. The Balaban J connectivity index is 4.75. The van der Waals surface area contributed by atoms with E-state index in [2.05, 4.69) is 62.5 Å². The molecule has 3 atom stereocenters. The molecule has 6 heteroatoms. The van der Waals surface area contributed by atoms with Crippen LogP contribution in [-0.4, -0.2) is 46.9 Å². The second-order valence-corrected chi connectivity index (χ2v) is 16.3. The summed E-state index contributed by atoms with van der Waals surface area (Å²) >= 11 is 0. The molecule has 6 nitrogen and oxygen atoms in total. The van der Waals surface area contributed by atoms with Crippen molar-refractivity contribution in [2.75, 3.05) is 6.61 Å². The van der Waals surface area contributed by atoms with Crippen molar-refractivity contribution in [3.05, 3.63) is 97.2 Å². The Hall–Kier alpha value is -3.22. The van der Waals surface area contributed by atoms with Gasteiger partial charge >= 0.3 is 5.97 Å². The van der Waals surface area contributed by atoms with Crippen molar-refractivity contribution in [1.29, 1.82) is 0 Å². The lowest BCUT2D eigenvalue weighted by Gasteiger charge is -2.24. The molecule has 0 radical (unpaired) electrons. The first kappa shape index (κ1) is 56.8. The summed E-state index contributed by atoms with van der Waals surface area (Å²) < 4.78 is 5.88. The fraction of sp³-hybridized carbons (Fsp3) is 0.667. The van der Waals surface area contributed by atoms with Gasteiger partial charge in [0.05, 0.1) is 25.2 Å². The van der Waals surface area contributed by atoms with Crippen molar-refractivity contribution in [3.63, 3.8) is 0 Å². The smallest absolute Gasteiger partial charge is 0.306 e. The molecule has 0 saturated heterocycles. The van der Waals surface area contributed by atoms with Gasteiger partial charge in [-0.25, -0.2) is 0 Å². The first-order valence-electron chi connectivity index (χ1n) is 24.5. The zero-order valence-electron chi connectivity index (χ0n) is 38.8. The summed E-state index contributed by atoms with van der Waals surface area (Å²) in [6, 6.07) is -0.731. The van der Waals surface area contributed by atoms with Crippen molar-refractivity contribution in [2.45, 2.75) is 225 Å². The van der Waals surface area contributed by atoms with Gasteiger partial charge in [0.15, 0.2) is 0 Å². The molecule has 0 aromatic heterocycles. The molecule has 0 aromatic carbocycles. The molecule has 0 spiro atoms.